The third kappa shape index (κ3) is 5.04. The summed E-state index contributed by atoms with van der Waals surface area (Å²) in [5.41, 5.74) is 0. The molecule has 4 rings (SSSR count). The van der Waals surface area contributed by atoms with Gasteiger partial charge in [-0.1, -0.05) is 29.6 Å². The molecular formula is C19H22N4O3S3. The summed E-state index contributed by atoms with van der Waals surface area (Å²) in [6.07, 6.45) is 5.40. The Kier molecular flexibility index (Phi) is 6.61. The number of nitrogens with zero attached hydrogens (tertiary/aromatic N) is 4. The summed E-state index contributed by atoms with van der Waals surface area (Å²) in [6.45, 7) is 0.585. The van der Waals surface area contributed by atoms with E-state index in [0.717, 1.165) is 29.6 Å². The van der Waals surface area contributed by atoms with Crippen LogP contribution in [0.25, 0.3) is 0 Å². The molecular weight excluding hydrogens is 428 g/mol. The second-order valence-electron chi connectivity index (χ2n) is 6.80. The Labute approximate surface area is 181 Å². The smallest absolute Gasteiger partial charge is 0.333 e. The van der Waals surface area contributed by atoms with Crippen molar-refractivity contribution in [2.24, 2.45) is 0 Å². The summed E-state index contributed by atoms with van der Waals surface area (Å²) in [5.74, 6) is 1.85. The van der Waals surface area contributed by atoms with Crippen LogP contribution in [-0.2, 0) is 20.7 Å². The van der Waals surface area contributed by atoms with Crippen LogP contribution in [0.4, 0.5) is 0 Å². The number of carbonyl (C=O) groups excluding carboxylic acids is 2. The summed E-state index contributed by atoms with van der Waals surface area (Å²) < 4.78 is 6.97. The molecule has 1 aliphatic heterocycles. The highest BCUT2D eigenvalue weighted by atomic mass is 32.2. The number of ether oxygens (including phenoxy) is 1. The minimum Gasteiger partial charge on any atom is -0.466 e. The largest absolute Gasteiger partial charge is 0.466 e. The van der Waals surface area contributed by atoms with Gasteiger partial charge < -0.3 is 14.2 Å². The lowest BCUT2D eigenvalue weighted by atomic mass is 10.3. The average Bonchev–Trinajstić information content (AvgIpc) is 3.10. The molecule has 1 saturated heterocycles. The van der Waals surface area contributed by atoms with Gasteiger partial charge in [-0.2, -0.15) is 0 Å². The number of hydrogen-bond acceptors (Lipinski definition) is 8. The van der Waals surface area contributed by atoms with E-state index in [4.69, 9.17) is 0 Å². The maximum absolute atomic E-state index is 12.1. The predicted octanol–water partition coefficient (Wildman–Crippen LogP) is 3.34. The number of rotatable bonds is 9. The highest BCUT2D eigenvalue weighted by Crippen LogP contribution is 2.39. The SMILES string of the molecule is COC(=O)/C=C1/SCC(=O)N1CCCSc1nnc(Cc2cccs2)n1C1CC1. The summed E-state index contributed by atoms with van der Waals surface area (Å²) in [6, 6.07) is 4.72. The second-order valence-corrected chi connectivity index (χ2v) is 9.89. The van der Waals surface area contributed by atoms with Gasteiger partial charge in [0.1, 0.15) is 5.82 Å². The molecule has 0 radical (unpaired) electrons. The molecule has 1 aliphatic carbocycles. The first-order valence-electron chi connectivity index (χ1n) is 9.47. The summed E-state index contributed by atoms with van der Waals surface area (Å²) in [4.78, 5) is 26.6. The highest BCUT2D eigenvalue weighted by Gasteiger charge is 2.30. The van der Waals surface area contributed by atoms with Crippen LogP contribution in [0.2, 0.25) is 0 Å². The maximum Gasteiger partial charge on any atom is 0.333 e. The van der Waals surface area contributed by atoms with Gasteiger partial charge in [-0.15, -0.1) is 21.5 Å². The fraction of sp³-hybridized carbons (Fsp3) is 0.474. The highest BCUT2D eigenvalue weighted by molar-refractivity contribution is 8.04. The molecule has 2 aromatic rings. The zero-order valence-corrected chi connectivity index (χ0v) is 18.5. The first-order chi connectivity index (χ1) is 14.2. The van der Waals surface area contributed by atoms with E-state index in [9.17, 15) is 9.59 Å². The number of hydrogen-bond donors (Lipinski definition) is 0. The molecule has 1 amide bonds. The molecule has 3 heterocycles. The first kappa shape index (κ1) is 20.5. The lowest BCUT2D eigenvalue weighted by Crippen LogP contribution is -2.26. The molecule has 7 nitrogen and oxygen atoms in total. The van der Waals surface area contributed by atoms with Crippen molar-refractivity contribution in [1.29, 1.82) is 0 Å². The van der Waals surface area contributed by atoms with Gasteiger partial charge >= 0.3 is 5.97 Å². The van der Waals surface area contributed by atoms with E-state index in [1.54, 1.807) is 28.0 Å². The van der Waals surface area contributed by atoms with Gasteiger partial charge in [0, 0.05) is 29.6 Å². The molecule has 154 valence electrons. The zero-order chi connectivity index (χ0) is 20.2. The van der Waals surface area contributed by atoms with Gasteiger partial charge in [0.05, 0.1) is 24.0 Å². The van der Waals surface area contributed by atoms with Crippen LogP contribution in [0, 0.1) is 0 Å². The lowest BCUT2D eigenvalue weighted by Gasteiger charge is -2.16. The fourth-order valence-electron chi connectivity index (χ4n) is 3.11. The molecule has 29 heavy (non-hydrogen) atoms. The number of carbonyl (C=O) groups is 2. The van der Waals surface area contributed by atoms with Gasteiger partial charge in [-0.05, 0) is 30.7 Å². The maximum atomic E-state index is 12.1. The molecule has 0 bridgehead atoms. The molecule has 0 unspecified atom stereocenters. The minimum atomic E-state index is -0.433. The normalized spacial score (nSPS) is 18.0. The first-order valence-corrected chi connectivity index (χ1v) is 12.3. The van der Waals surface area contributed by atoms with Crippen LogP contribution in [-0.4, -0.2) is 56.7 Å². The molecule has 2 fully saturated rings. The molecule has 0 aromatic carbocycles. The summed E-state index contributed by atoms with van der Waals surface area (Å²) >= 11 is 4.81. The number of thioether (sulfide) groups is 2. The van der Waals surface area contributed by atoms with E-state index >= 15 is 0 Å². The second kappa shape index (κ2) is 9.36. The predicted molar refractivity (Wildman–Crippen MR) is 115 cm³/mol. The van der Waals surface area contributed by atoms with Crippen molar-refractivity contribution in [3.8, 4) is 0 Å². The third-order valence-electron chi connectivity index (χ3n) is 4.67. The Morgan fingerprint density at radius 3 is 3.00 bits per heavy atom. The van der Waals surface area contributed by atoms with Gasteiger partial charge in [-0.25, -0.2) is 4.79 Å². The van der Waals surface area contributed by atoms with Crippen molar-refractivity contribution in [3.05, 3.63) is 39.3 Å². The number of aromatic nitrogens is 3. The Balaban J connectivity index is 1.34. The fourth-order valence-corrected chi connectivity index (χ4v) is 5.71. The van der Waals surface area contributed by atoms with Gasteiger partial charge in [0.25, 0.3) is 0 Å². The van der Waals surface area contributed by atoms with Crippen LogP contribution < -0.4 is 0 Å². The van der Waals surface area contributed by atoms with E-state index in [-0.39, 0.29) is 5.91 Å². The van der Waals surface area contributed by atoms with E-state index in [1.165, 1.54) is 42.7 Å². The Hall–Kier alpha value is -1.78. The van der Waals surface area contributed by atoms with Crippen molar-refractivity contribution in [3.63, 3.8) is 0 Å². The standard InChI is InChI=1S/C19H22N4O3S3/c1-26-18(25)11-17-22(16(24)12-29-17)7-3-9-28-19-21-20-15(23(19)13-5-6-13)10-14-4-2-8-27-14/h2,4,8,11,13H,3,5-7,9-10,12H2,1H3/b17-11+. The monoisotopic (exact) mass is 450 g/mol. The van der Waals surface area contributed by atoms with Crippen LogP contribution in [0.3, 0.4) is 0 Å². The summed E-state index contributed by atoms with van der Waals surface area (Å²) in [7, 11) is 1.34. The van der Waals surface area contributed by atoms with Crippen LogP contribution >= 0.6 is 34.9 Å². The molecule has 10 heteroatoms. The quantitative estimate of drug-likeness (QED) is 0.251. The van der Waals surface area contributed by atoms with Crippen molar-refractivity contribution in [2.75, 3.05) is 25.2 Å². The third-order valence-corrected chi connectivity index (χ3v) is 7.60. The van der Waals surface area contributed by atoms with Crippen molar-refractivity contribution >= 4 is 46.7 Å². The number of methoxy groups -OCH3 is 1. The number of thiophene rings is 1. The van der Waals surface area contributed by atoms with Crippen molar-refractivity contribution in [2.45, 2.75) is 36.9 Å². The van der Waals surface area contributed by atoms with E-state index in [2.05, 4.69) is 37.0 Å². The van der Waals surface area contributed by atoms with E-state index in [1.807, 2.05) is 0 Å². The lowest BCUT2D eigenvalue weighted by molar-refractivity contribution is -0.134. The van der Waals surface area contributed by atoms with Crippen LogP contribution in [0.5, 0.6) is 0 Å². The molecule has 2 aliphatic rings. The topological polar surface area (TPSA) is 77.3 Å². The number of amides is 1. The van der Waals surface area contributed by atoms with E-state index in [0.29, 0.717) is 23.4 Å². The Morgan fingerprint density at radius 2 is 2.28 bits per heavy atom. The van der Waals surface area contributed by atoms with Gasteiger partial charge in [0.2, 0.25) is 5.91 Å². The van der Waals surface area contributed by atoms with Crippen molar-refractivity contribution < 1.29 is 14.3 Å². The zero-order valence-electron chi connectivity index (χ0n) is 16.1. The van der Waals surface area contributed by atoms with Crippen LogP contribution in [0.1, 0.15) is 36.0 Å². The molecule has 0 N–H and O–H groups in total. The minimum absolute atomic E-state index is 0.0366. The Bertz CT molecular complexity index is 906. The molecule has 1 saturated carbocycles. The summed E-state index contributed by atoms with van der Waals surface area (Å²) in [5, 5.41) is 12.6. The molecule has 0 atom stereocenters. The number of esters is 1. The molecule has 2 aromatic heterocycles. The van der Waals surface area contributed by atoms with Gasteiger partial charge in [0.15, 0.2) is 5.16 Å². The average molecular weight is 451 g/mol. The Morgan fingerprint density at radius 1 is 1.41 bits per heavy atom. The van der Waals surface area contributed by atoms with Crippen LogP contribution in [0.15, 0.2) is 33.8 Å². The van der Waals surface area contributed by atoms with Gasteiger partial charge in [-0.3, -0.25) is 4.79 Å². The van der Waals surface area contributed by atoms with E-state index < -0.39 is 5.97 Å². The van der Waals surface area contributed by atoms with Crippen molar-refractivity contribution in [1.82, 2.24) is 19.7 Å². The molecule has 0 spiro atoms.